The maximum absolute atomic E-state index is 14.4. The molecule has 0 radical (unpaired) electrons. The third-order valence-electron chi connectivity index (χ3n) is 5.90. The molecule has 0 saturated heterocycles. The van der Waals surface area contributed by atoms with Crippen molar-refractivity contribution in [2.75, 3.05) is 26.1 Å². The van der Waals surface area contributed by atoms with Gasteiger partial charge in [-0.2, -0.15) is 0 Å². The first kappa shape index (κ1) is 24.5. The molecule has 0 spiro atoms. The zero-order valence-corrected chi connectivity index (χ0v) is 20.9. The third kappa shape index (κ3) is 5.19. The van der Waals surface area contributed by atoms with Gasteiger partial charge in [-0.25, -0.2) is 13.8 Å². The molecule has 7 nitrogen and oxygen atoms in total. The fourth-order valence-electron chi connectivity index (χ4n) is 4.06. The van der Waals surface area contributed by atoms with Gasteiger partial charge in [0.05, 0.1) is 25.6 Å². The monoisotopic (exact) mass is 523 g/mol. The summed E-state index contributed by atoms with van der Waals surface area (Å²) in [4.78, 5) is 16.9. The van der Waals surface area contributed by atoms with Crippen LogP contribution in [-0.2, 0) is 17.8 Å². The van der Waals surface area contributed by atoms with E-state index in [9.17, 15) is 13.6 Å². The third-order valence-corrected chi connectivity index (χ3v) is 6.77. The lowest BCUT2D eigenvalue weighted by molar-refractivity contribution is -0.118. The summed E-state index contributed by atoms with van der Waals surface area (Å²) in [5.41, 5.74) is 3.28. The van der Waals surface area contributed by atoms with Crippen molar-refractivity contribution in [1.82, 2.24) is 4.57 Å². The lowest BCUT2D eigenvalue weighted by atomic mass is 10.1. The number of aromatic nitrogens is 1. The summed E-state index contributed by atoms with van der Waals surface area (Å²) in [5.74, 6) is 0.223. The summed E-state index contributed by atoms with van der Waals surface area (Å²) in [6, 6.07) is 14.6. The van der Waals surface area contributed by atoms with Gasteiger partial charge in [-0.05, 0) is 54.4 Å². The van der Waals surface area contributed by atoms with Crippen LogP contribution in [0.4, 0.5) is 20.2 Å². The van der Waals surface area contributed by atoms with Gasteiger partial charge in [0.1, 0.15) is 17.3 Å². The Balaban J connectivity index is 1.56. The normalized spacial score (nSPS) is 13.1. The predicted molar refractivity (Wildman–Crippen MR) is 137 cm³/mol. The molecule has 1 aliphatic heterocycles. The van der Waals surface area contributed by atoms with Crippen LogP contribution in [0.1, 0.15) is 5.56 Å². The summed E-state index contributed by atoms with van der Waals surface area (Å²) < 4.78 is 46.1. The van der Waals surface area contributed by atoms with E-state index < -0.39 is 11.6 Å². The van der Waals surface area contributed by atoms with Crippen LogP contribution in [0.25, 0.3) is 11.3 Å². The second-order valence-electron chi connectivity index (χ2n) is 8.25. The van der Waals surface area contributed by atoms with E-state index in [0.29, 0.717) is 40.7 Å². The van der Waals surface area contributed by atoms with E-state index in [0.717, 1.165) is 22.9 Å². The summed E-state index contributed by atoms with van der Waals surface area (Å²) in [5, 5.41) is 4.74. The largest absolute Gasteiger partial charge is 0.493 e. The van der Waals surface area contributed by atoms with Crippen LogP contribution in [0.5, 0.6) is 17.2 Å². The highest BCUT2D eigenvalue weighted by Gasteiger charge is 2.18. The minimum Gasteiger partial charge on any atom is -0.493 e. The second kappa shape index (κ2) is 10.4. The number of hydrogen-bond donors (Lipinski definition) is 1. The van der Waals surface area contributed by atoms with Gasteiger partial charge in [0, 0.05) is 23.6 Å². The second-order valence-corrected chi connectivity index (χ2v) is 9.09. The van der Waals surface area contributed by atoms with Crippen LogP contribution in [0.15, 0.2) is 65.0 Å². The maximum Gasteiger partial charge on any atom is 0.262 e. The minimum absolute atomic E-state index is 0.0254. The molecule has 3 aromatic carbocycles. The van der Waals surface area contributed by atoms with Gasteiger partial charge in [0.15, 0.2) is 28.7 Å². The maximum atomic E-state index is 14.4. The van der Waals surface area contributed by atoms with E-state index >= 15 is 0 Å². The van der Waals surface area contributed by atoms with E-state index in [1.165, 1.54) is 23.5 Å². The first-order valence-electron chi connectivity index (χ1n) is 11.4. The highest BCUT2D eigenvalue weighted by atomic mass is 32.1. The Morgan fingerprint density at radius 3 is 2.68 bits per heavy atom. The van der Waals surface area contributed by atoms with E-state index in [1.54, 1.807) is 20.3 Å². The van der Waals surface area contributed by atoms with Crippen molar-refractivity contribution in [1.29, 1.82) is 0 Å². The molecule has 1 amide bonds. The van der Waals surface area contributed by atoms with Gasteiger partial charge < -0.3 is 24.1 Å². The van der Waals surface area contributed by atoms with Crippen LogP contribution in [-0.4, -0.2) is 31.3 Å². The van der Waals surface area contributed by atoms with E-state index in [-0.39, 0.29) is 18.2 Å². The molecule has 0 saturated carbocycles. The average molecular weight is 524 g/mol. The van der Waals surface area contributed by atoms with Gasteiger partial charge in [-0.3, -0.25) is 4.79 Å². The zero-order chi connectivity index (χ0) is 25.9. The van der Waals surface area contributed by atoms with Crippen LogP contribution in [0, 0.1) is 11.6 Å². The van der Waals surface area contributed by atoms with Crippen LogP contribution in [0.2, 0.25) is 0 Å². The number of nitrogens with zero attached hydrogens (tertiary/aromatic N) is 2. The number of methoxy groups -OCH3 is 2. The van der Waals surface area contributed by atoms with Crippen molar-refractivity contribution in [2.45, 2.75) is 13.0 Å². The fraction of sp³-hybridized carbons (Fsp3) is 0.185. The lowest BCUT2D eigenvalue weighted by Crippen LogP contribution is -2.25. The number of ether oxygens (including phenoxy) is 3. The number of benzene rings is 3. The number of rotatable bonds is 7. The van der Waals surface area contributed by atoms with E-state index in [4.69, 9.17) is 14.2 Å². The van der Waals surface area contributed by atoms with Crippen molar-refractivity contribution in [3.8, 4) is 28.5 Å². The quantitative estimate of drug-likeness (QED) is 0.356. The first-order chi connectivity index (χ1) is 17.9. The standard InChI is InChI=1S/C27H23F2N3O4S/c1-34-24-7-3-16(11-25(24)35-2)9-10-32-22(17-4-8-23-21(12-17)30-26(33)14-36-23)15-37-27(32)31-20-6-5-18(28)13-19(20)29/h3-8,11-13,15H,9-10,14H2,1-2H3,(H,30,33). The molecule has 2 heterocycles. The van der Waals surface area contributed by atoms with Gasteiger partial charge in [0.25, 0.3) is 5.91 Å². The molecule has 4 aromatic rings. The van der Waals surface area contributed by atoms with Crippen LogP contribution in [0.3, 0.4) is 0 Å². The topological polar surface area (TPSA) is 74.1 Å². The Kier molecular flexibility index (Phi) is 6.91. The number of carbonyl (C=O) groups excluding carboxylic acids is 1. The summed E-state index contributed by atoms with van der Waals surface area (Å²) in [7, 11) is 3.17. The molecule has 0 bridgehead atoms. The molecular formula is C27H23F2N3O4S. The number of thiazole rings is 1. The number of nitrogens with one attached hydrogen (secondary N) is 1. The molecule has 190 valence electrons. The summed E-state index contributed by atoms with van der Waals surface area (Å²) in [6.45, 7) is 0.484. The molecule has 1 aliphatic rings. The highest BCUT2D eigenvalue weighted by Crippen LogP contribution is 2.33. The minimum atomic E-state index is -0.741. The Bertz CT molecular complexity index is 1550. The van der Waals surface area contributed by atoms with E-state index in [1.807, 2.05) is 40.3 Å². The molecule has 1 aromatic heterocycles. The smallest absolute Gasteiger partial charge is 0.262 e. The summed E-state index contributed by atoms with van der Waals surface area (Å²) in [6.07, 6.45) is 0.619. The van der Waals surface area contributed by atoms with E-state index in [2.05, 4.69) is 10.3 Å². The molecule has 0 aliphatic carbocycles. The first-order valence-corrected chi connectivity index (χ1v) is 12.3. The van der Waals surface area contributed by atoms with Crippen molar-refractivity contribution in [2.24, 2.45) is 4.99 Å². The lowest BCUT2D eigenvalue weighted by Gasteiger charge is -2.19. The number of hydrogen-bond acceptors (Lipinski definition) is 6. The zero-order valence-electron chi connectivity index (χ0n) is 20.1. The summed E-state index contributed by atoms with van der Waals surface area (Å²) >= 11 is 1.34. The van der Waals surface area contributed by atoms with Gasteiger partial charge >= 0.3 is 0 Å². The molecule has 0 atom stereocenters. The Morgan fingerprint density at radius 2 is 1.89 bits per heavy atom. The van der Waals surface area contributed by atoms with Gasteiger partial charge in [-0.1, -0.05) is 6.07 Å². The number of halogens is 2. The van der Waals surface area contributed by atoms with Crippen molar-refractivity contribution < 1.29 is 27.8 Å². The Hall–Kier alpha value is -4.18. The Morgan fingerprint density at radius 1 is 1.05 bits per heavy atom. The highest BCUT2D eigenvalue weighted by molar-refractivity contribution is 7.07. The Labute approximate surface area is 215 Å². The molecule has 37 heavy (non-hydrogen) atoms. The molecule has 1 N–H and O–H groups in total. The molecular weight excluding hydrogens is 500 g/mol. The van der Waals surface area contributed by atoms with Gasteiger partial charge in [-0.15, -0.1) is 11.3 Å². The molecule has 0 unspecified atom stereocenters. The van der Waals surface area contributed by atoms with Crippen LogP contribution < -0.4 is 24.3 Å². The number of anilines is 1. The van der Waals surface area contributed by atoms with Crippen molar-refractivity contribution >= 4 is 28.6 Å². The average Bonchev–Trinajstić information content (AvgIpc) is 3.30. The fourth-order valence-corrected chi connectivity index (χ4v) is 5.01. The number of aryl methyl sites for hydroxylation is 1. The van der Waals surface area contributed by atoms with Crippen LogP contribution >= 0.6 is 11.3 Å². The SMILES string of the molecule is COc1ccc(CCn2c(-c3ccc4c(c3)NC(=O)CO4)csc2=Nc2ccc(F)cc2F)cc1OC. The molecule has 5 rings (SSSR count). The van der Waals surface area contributed by atoms with Crippen molar-refractivity contribution in [3.63, 3.8) is 0 Å². The van der Waals surface area contributed by atoms with Gasteiger partial charge in [0.2, 0.25) is 0 Å². The number of carbonyl (C=O) groups is 1. The number of fused-ring (bicyclic) bond motifs is 1. The molecule has 0 fully saturated rings. The molecule has 10 heteroatoms. The van der Waals surface area contributed by atoms with Crippen molar-refractivity contribution in [3.05, 3.63) is 82.0 Å². The number of amides is 1. The predicted octanol–water partition coefficient (Wildman–Crippen LogP) is 5.32.